The highest BCUT2D eigenvalue weighted by molar-refractivity contribution is 5.91. The summed E-state index contributed by atoms with van der Waals surface area (Å²) in [6, 6.07) is 10.7. The van der Waals surface area contributed by atoms with Crippen molar-refractivity contribution in [2.75, 3.05) is 13.1 Å². The standard InChI is InChI=1S/C22H23F2N3O/c1-22(25)10-11-27(13-22)20(28)9-7-17-18-12-16(24)6-8-19(18)26-21(17)14-2-4-15(23)5-3-14/h2-6,8,12,26H,7,9-11,13,25H2,1H3. The number of likely N-dealkylation sites (tertiary alicyclic amines) is 1. The van der Waals surface area contributed by atoms with E-state index in [0.717, 1.165) is 34.1 Å². The predicted octanol–water partition coefficient (Wildman–Crippen LogP) is 4.00. The Balaban J connectivity index is 1.65. The van der Waals surface area contributed by atoms with Crippen molar-refractivity contribution in [3.63, 3.8) is 0 Å². The highest BCUT2D eigenvalue weighted by Crippen LogP contribution is 2.32. The van der Waals surface area contributed by atoms with Gasteiger partial charge in [0, 0.05) is 41.6 Å². The zero-order valence-electron chi connectivity index (χ0n) is 15.8. The zero-order chi connectivity index (χ0) is 19.9. The fourth-order valence-electron chi connectivity index (χ4n) is 3.93. The van der Waals surface area contributed by atoms with Crippen LogP contribution in [0, 0.1) is 11.6 Å². The Morgan fingerprint density at radius 3 is 2.57 bits per heavy atom. The summed E-state index contributed by atoms with van der Waals surface area (Å²) < 4.78 is 27.2. The van der Waals surface area contributed by atoms with Gasteiger partial charge in [-0.25, -0.2) is 8.78 Å². The topological polar surface area (TPSA) is 62.1 Å². The van der Waals surface area contributed by atoms with E-state index >= 15 is 0 Å². The van der Waals surface area contributed by atoms with Gasteiger partial charge in [0.2, 0.25) is 5.91 Å². The summed E-state index contributed by atoms with van der Waals surface area (Å²) in [7, 11) is 0. The first-order chi connectivity index (χ1) is 13.3. The van der Waals surface area contributed by atoms with E-state index in [2.05, 4.69) is 4.98 Å². The van der Waals surface area contributed by atoms with Crippen LogP contribution in [0.25, 0.3) is 22.2 Å². The van der Waals surface area contributed by atoms with E-state index in [4.69, 9.17) is 5.73 Å². The van der Waals surface area contributed by atoms with Gasteiger partial charge in [0.1, 0.15) is 11.6 Å². The molecule has 28 heavy (non-hydrogen) atoms. The Labute approximate surface area is 162 Å². The molecule has 1 fully saturated rings. The maximum absolute atomic E-state index is 13.9. The van der Waals surface area contributed by atoms with Crippen molar-refractivity contribution in [2.24, 2.45) is 5.73 Å². The lowest BCUT2D eigenvalue weighted by Crippen LogP contribution is -2.40. The average Bonchev–Trinajstić information content (AvgIpc) is 3.20. The number of aromatic nitrogens is 1. The van der Waals surface area contributed by atoms with Gasteiger partial charge in [0.25, 0.3) is 0 Å². The molecule has 3 N–H and O–H groups in total. The van der Waals surface area contributed by atoms with Crippen LogP contribution < -0.4 is 5.73 Å². The number of H-pyrrole nitrogens is 1. The summed E-state index contributed by atoms with van der Waals surface area (Å²) in [5, 5.41) is 0.747. The van der Waals surface area contributed by atoms with Crippen LogP contribution in [0.2, 0.25) is 0 Å². The number of carbonyl (C=O) groups excluding carboxylic acids is 1. The Kier molecular flexibility index (Phi) is 4.67. The van der Waals surface area contributed by atoms with Crippen LogP contribution in [-0.4, -0.2) is 34.4 Å². The van der Waals surface area contributed by atoms with Crippen LogP contribution in [0.1, 0.15) is 25.3 Å². The molecule has 0 aliphatic carbocycles. The molecule has 1 unspecified atom stereocenters. The van der Waals surface area contributed by atoms with Crippen molar-refractivity contribution in [3.05, 3.63) is 59.7 Å². The molecule has 4 nitrogen and oxygen atoms in total. The second kappa shape index (κ2) is 7.02. The first kappa shape index (κ1) is 18.6. The molecule has 2 heterocycles. The van der Waals surface area contributed by atoms with E-state index in [0.29, 0.717) is 25.9 Å². The summed E-state index contributed by atoms with van der Waals surface area (Å²) in [4.78, 5) is 17.8. The number of nitrogens with two attached hydrogens (primary N) is 1. The fraction of sp³-hybridized carbons (Fsp3) is 0.318. The average molecular weight is 383 g/mol. The molecule has 0 bridgehead atoms. The molecule has 0 spiro atoms. The third kappa shape index (κ3) is 3.64. The minimum atomic E-state index is -0.334. The third-order valence-electron chi connectivity index (χ3n) is 5.45. The Hall–Kier alpha value is -2.73. The van der Waals surface area contributed by atoms with E-state index in [1.54, 1.807) is 23.1 Å². The van der Waals surface area contributed by atoms with Gasteiger partial charge < -0.3 is 15.6 Å². The van der Waals surface area contributed by atoms with Crippen molar-refractivity contribution >= 4 is 16.8 Å². The Morgan fingerprint density at radius 2 is 1.89 bits per heavy atom. The van der Waals surface area contributed by atoms with E-state index in [-0.39, 0.29) is 23.1 Å². The summed E-state index contributed by atoms with van der Waals surface area (Å²) >= 11 is 0. The monoisotopic (exact) mass is 383 g/mol. The number of nitrogens with zero attached hydrogens (tertiary/aromatic N) is 1. The summed E-state index contributed by atoms with van der Waals surface area (Å²) in [5.41, 5.74) is 9.04. The molecule has 1 saturated heterocycles. The number of hydrogen-bond donors (Lipinski definition) is 2. The van der Waals surface area contributed by atoms with Crippen LogP contribution in [0.15, 0.2) is 42.5 Å². The quantitative estimate of drug-likeness (QED) is 0.715. The summed E-state index contributed by atoms with van der Waals surface area (Å²) in [6.07, 6.45) is 1.57. The smallest absolute Gasteiger partial charge is 0.222 e. The van der Waals surface area contributed by atoms with Gasteiger partial charge in [-0.3, -0.25) is 4.79 Å². The van der Waals surface area contributed by atoms with E-state index in [1.165, 1.54) is 24.3 Å². The van der Waals surface area contributed by atoms with Crippen molar-refractivity contribution in [3.8, 4) is 11.3 Å². The van der Waals surface area contributed by atoms with Crippen LogP contribution in [0.3, 0.4) is 0 Å². The van der Waals surface area contributed by atoms with Crippen LogP contribution in [-0.2, 0) is 11.2 Å². The largest absolute Gasteiger partial charge is 0.354 e. The molecule has 1 aliphatic heterocycles. The molecule has 3 aromatic rings. The molecule has 4 rings (SSSR count). The number of carbonyl (C=O) groups is 1. The van der Waals surface area contributed by atoms with Crippen molar-refractivity contribution in [1.29, 1.82) is 0 Å². The zero-order valence-corrected chi connectivity index (χ0v) is 15.8. The van der Waals surface area contributed by atoms with Crippen molar-refractivity contribution < 1.29 is 13.6 Å². The van der Waals surface area contributed by atoms with Gasteiger partial charge in [0.05, 0.1) is 0 Å². The first-order valence-electron chi connectivity index (χ1n) is 9.45. The fourth-order valence-corrected chi connectivity index (χ4v) is 3.93. The third-order valence-corrected chi connectivity index (χ3v) is 5.45. The van der Waals surface area contributed by atoms with Gasteiger partial charge in [-0.1, -0.05) is 0 Å². The molecular formula is C22H23F2N3O. The van der Waals surface area contributed by atoms with Crippen molar-refractivity contribution in [1.82, 2.24) is 9.88 Å². The minimum absolute atomic E-state index is 0.0463. The van der Waals surface area contributed by atoms with Crippen LogP contribution >= 0.6 is 0 Å². The minimum Gasteiger partial charge on any atom is -0.354 e. The first-order valence-corrected chi connectivity index (χ1v) is 9.45. The van der Waals surface area contributed by atoms with E-state index < -0.39 is 0 Å². The number of rotatable bonds is 4. The second-order valence-electron chi connectivity index (χ2n) is 7.89. The van der Waals surface area contributed by atoms with E-state index in [9.17, 15) is 13.6 Å². The molecule has 1 atom stereocenters. The summed E-state index contributed by atoms with van der Waals surface area (Å²) in [6.45, 7) is 3.17. The number of aromatic amines is 1. The van der Waals surface area contributed by atoms with Gasteiger partial charge in [-0.15, -0.1) is 0 Å². The number of fused-ring (bicyclic) bond motifs is 1. The molecular weight excluding hydrogens is 360 g/mol. The lowest BCUT2D eigenvalue weighted by Gasteiger charge is -2.20. The number of nitrogens with one attached hydrogen (secondary N) is 1. The number of amides is 1. The lowest BCUT2D eigenvalue weighted by molar-refractivity contribution is -0.130. The van der Waals surface area contributed by atoms with Gasteiger partial charge in [-0.2, -0.15) is 0 Å². The lowest BCUT2D eigenvalue weighted by atomic mass is 10.0. The molecule has 146 valence electrons. The van der Waals surface area contributed by atoms with E-state index in [1.807, 2.05) is 6.92 Å². The SMILES string of the molecule is CC1(N)CCN(C(=O)CCc2c(-c3ccc(F)cc3)[nH]c3ccc(F)cc23)C1. The molecule has 6 heteroatoms. The normalized spacial score (nSPS) is 19.5. The summed E-state index contributed by atoms with van der Waals surface area (Å²) in [5.74, 6) is -0.602. The second-order valence-corrected chi connectivity index (χ2v) is 7.89. The van der Waals surface area contributed by atoms with Crippen LogP contribution in [0.4, 0.5) is 8.78 Å². The molecule has 1 amide bonds. The maximum Gasteiger partial charge on any atom is 0.222 e. The molecule has 1 aliphatic rings. The maximum atomic E-state index is 13.9. The van der Waals surface area contributed by atoms with Gasteiger partial charge in [-0.05, 0) is 73.4 Å². The number of hydrogen-bond acceptors (Lipinski definition) is 2. The Morgan fingerprint density at radius 1 is 1.18 bits per heavy atom. The number of benzene rings is 2. The van der Waals surface area contributed by atoms with Crippen molar-refractivity contribution in [2.45, 2.75) is 31.7 Å². The van der Waals surface area contributed by atoms with Gasteiger partial charge in [0.15, 0.2) is 0 Å². The number of aryl methyl sites for hydroxylation is 1. The molecule has 0 radical (unpaired) electrons. The highest BCUT2D eigenvalue weighted by atomic mass is 19.1. The molecule has 2 aromatic carbocycles. The van der Waals surface area contributed by atoms with Gasteiger partial charge >= 0.3 is 0 Å². The molecule has 0 saturated carbocycles. The molecule has 1 aromatic heterocycles. The van der Waals surface area contributed by atoms with Crippen LogP contribution in [0.5, 0.6) is 0 Å². The highest BCUT2D eigenvalue weighted by Gasteiger charge is 2.32. The Bertz CT molecular complexity index is 1020. The predicted molar refractivity (Wildman–Crippen MR) is 106 cm³/mol. The number of halogens is 2.